The van der Waals surface area contributed by atoms with Crippen LogP contribution in [0.1, 0.15) is 16.1 Å². The number of carboxylic acid groups (broad SMARTS) is 1. The molecule has 0 fully saturated rings. The van der Waals surface area contributed by atoms with Crippen molar-refractivity contribution in [2.75, 3.05) is 0 Å². The summed E-state index contributed by atoms with van der Waals surface area (Å²) in [4.78, 5) is 16.0. The fourth-order valence-electron chi connectivity index (χ4n) is 1.65. The Balaban J connectivity index is 2.26. The SMILES string of the molecule is Cc1nnsc1-c1nc2c(C(=O)O)cccc2o1. The van der Waals surface area contributed by atoms with Crippen molar-refractivity contribution in [3.8, 4) is 10.8 Å². The second-order valence-electron chi connectivity index (χ2n) is 3.66. The van der Waals surface area contributed by atoms with Crippen molar-refractivity contribution in [2.24, 2.45) is 0 Å². The largest absolute Gasteiger partial charge is 0.478 e. The number of rotatable bonds is 2. The van der Waals surface area contributed by atoms with Crippen LogP contribution >= 0.6 is 11.5 Å². The molecule has 7 heteroatoms. The highest BCUT2D eigenvalue weighted by Crippen LogP contribution is 2.29. The molecule has 18 heavy (non-hydrogen) atoms. The molecule has 0 aliphatic carbocycles. The number of nitrogens with zero attached hydrogens (tertiary/aromatic N) is 3. The van der Waals surface area contributed by atoms with E-state index in [0.717, 1.165) is 0 Å². The van der Waals surface area contributed by atoms with Crippen LogP contribution in [-0.2, 0) is 0 Å². The molecule has 2 aromatic heterocycles. The highest BCUT2D eigenvalue weighted by atomic mass is 32.1. The molecule has 1 N–H and O–H groups in total. The number of hydrogen-bond acceptors (Lipinski definition) is 6. The molecule has 0 spiro atoms. The molecule has 0 unspecified atom stereocenters. The summed E-state index contributed by atoms with van der Waals surface area (Å²) in [5.41, 5.74) is 1.62. The molecule has 0 amide bonds. The number of carbonyl (C=O) groups is 1. The molecule has 3 aromatic rings. The van der Waals surface area contributed by atoms with Gasteiger partial charge in [0, 0.05) is 0 Å². The van der Waals surface area contributed by atoms with Crippen LogP contribution in [0.2, 0.25) is 0 Å². The van der Waals surface area contributed by atoms with Gasteiger partial charge in [-0.2, -0.15) is 0 Å². The van der Waals surface area contributed by atoms with Gasteiger partial charge in [0.25, 0.3) is 0 Å². The van der Waals surface area contributed by atoms with Crippen molar-refractivity contribution >= 4 is 28.6 Å². The fraction of sp³-hybridized carbons (Fsp3) is 0.0909. The number of para-hydroxylation sites is 1. The van der Waals surface area contributed by atoms with E-state index in [1.807, 2.05) is 0 Å². The van der Waals surface area contributed by atoms with Crippen LogP contribution in [-0.4, -0.2) is 25.6 Å². The summed E-state index contributed by atoms with van der Waals surface area (Å²) < 4.78 is 9.34. The summed E-state index contributed by atoms with van der Waals surface area (Å²) in [7, 11) is 0. The zero-order chi connectivity index (χ0) is 12.7. The third kappa shape index (κ3) is 1.56. The third-order valence-corrected chi connectivity index (χ3v) is 3.31. The van der Waals surface area contributed by atoms with Crippen LogP contribution in [0.5, 0.6) is 0 Å². The zero-order valence-electron chi connectivity index (χ0n) is 9.25. The quantitative estimate of drug-likeness (QED) is 0.761. The summed E-state index contributed by atoms with van der Waals surface area (Å²) >= 11 is 1.17. The van der Waals surface area contributed by atoms with Gasteiger partial charge in [0.05, 0.1) is 11.3 Å². The lowest BCUT2D eigenvalue weighted by molar-refractivity contribution is 0.0699. The minimum Gasteiger partial charge on any atom is -0.478 e. The summed E-state index contributed by atoms with van der Waals surface area (Å²) in [6, 6.07) is 4.80. The van der Waals surface area contributed by atoms with Crippen LogP contribution in [0.4, 0.5) is 0 Å². The highest BCUT2D eigenvalue weighted by Gasteiger charge is 2.17. The maximum atomic E-state index is 11.1. The number of fused-ring (bicyclic) bond motifs is 1. The Labute approximate surface area is 105 Å². The van der Waals surface area contributed by atoms with Gasteiger partial charge in [-0.1, -0.05) is 10.6 Å². The maximum absolute atomic E-state index is 11.1. The van der Waals surface area contributed by atoms with Crippen LogP contribution in [0, 0.1) is 6.92 Å². The molecule has 3 rings (SSSR count). The first-order valence-corrected chi connectivity index (χ1v) is 5.86. The topological polar surface area (TPSA) is 89.1 Å². The van der Waals surface area contributed by atoms with E-state index < -0.39 is 5.97 Å². The van der Waals surface area contributed by atoms with Crippen molar-refractivity contribution in [3.63, 3.8) is 0 Å². The van der Waals surface area contributed by atoms with Crippen LogP contribution in [0.3, 0.4) is 0 Å². The maximum Gasteiger partial charge on any atom is 0.338 e. The Bertz CT molecular complexity index is 747. The van der Waals surface area contributed by atoms with E-state index in [1.54, 1.807) is 19.1 Å². The van der Waals surface area contributed by atoms with Gasteiger partial charge in [0.2, 0.25) is 5.89 Å². The van der Waals surface area contributed by atoms with Gasteiger partial charge < -0.3 is 9.52 Å². The number of aromatic carboxylic acids is 1. The molecule has 6 nitrogen and oxygen atoms in total. The lowest BCUT2D eigenvalue weighted by atomic mass is 10.2. The molecule has 1 aromatic carbocycles. The molecule has 0 bridgehead atoms. The number of aromatic nitrogens is 3. The Hall–Kier alpha value is -2.28. The average Bonchev–Trinajstić information content (AvgIpc) is 2.92. The predicted molar refractivity (Wildman–Crippen MR) is 64.6 cm³/mol. The van der Waals surface area contributed by atoms with Crippen molar-refractivity contribution in [3.05, 3.63) is 29.5 Å². The fourth-order valence-corrected chi connectivity index (χ4v) is 2.23. The standard InChI is InChI=1S/C11H7N3O3S/c1-5-9(18-14-13-5)10-12-8-6(11(15)16)3-2-4-7(8)17-10/h2-4H,1H3,(H,15,16). The first kappa shape index (κ1) is 10.8. The van der Waals surface area contributed by atoms with E-state index >= 15 is 0 Å². The second-order valence-corrected chi connectivity index (χ2v) is 4.42. The molecular weight excluding hydrogens is 254 g/mol. The number of oxazole rings is 1. The number of carboxylic acids is 1. The van der Waals surface area contributed by atoms with E-state index in [0.29, 0.717) is 27.6 Å². The summed E-state index contributed by atoms with van der Waals surface area (Å²) in [5.74, 6) is -0.675. The van der Waals surface area contributed by atoms with Crippen LogP contribution < -0.4 is 0 Å². The smallest absolute Gasteiger partial charge is 0.338 e. The average molecular weight is 261 g/mol. The summed E-state index contributed by atoms with van der Waals surface area (Å²) in [5, 5.41) is 12.9. The molecule has 0 radical (unpaired) electrons. The Morgan fingerprint density at radius 3 is 2.94 bits per heavy atom. The van der Waals surface area contributed by atoms with Gasteiger partial charge in [0.1, 0.15) is 10.4 Å². The minimum absolute atomic E-state index is 0.123. The second kappa shape index (κ2) is 3.88. The summed E-state index contributed by atoms with van der Waals surface area (Å²) in [6.07, 6.45) is 0. The lowest BCUT2D eigenvalue weighted by Gasteiger charge is -1.92. The van der Waals surface area contributed by atoms with Crippen molar-refractivity contribution < 1.29 is 14.3 Å². The summed E-state index contributed by atoms with van der Waals surface area (Å²) in [6.45, 7) is 1.80. The molecule has 0 aliphatic rings. The number of aryl methyl sites for hydroxylation is 1. The van der Waals surface area contributed by atoms with Gasteiger partial charge in [-0.3, -0.25) is 0 Å². The molecule has 0 saturated carbocycles. The number of benzene rings is 1. The van der Waals surface area contributed by atoms with E-state index in [2.05, 4.69) is 14.6 Å². The normalized spacial score (nSPS) is 10.9. The van der Waals surface area contributed by atoms with E-state index in [-0.39, 0.29) is 5.56 Å². The van der Waals surface area contributed by atoms with Gasteiger partial charge >= 0.3 is 5.97 Å². The van der Waals surface area contributed by atoms with Gasteiger partial charge in [-0.15, -0.1) is 5.10 Å². The van der Waals surface area contributed by atoms with E-state index in [4.69, 9.17) is 9.52 Å². The molecule has 2 heterocycles. The Morgan fingerprint density at radius 1 is 1.44 bits per heavy atom. The van der Waals surface area contributed by atoms with Gasteiger partial charge in [-0.05, 0) is 30.6 Å². The Kier molecular flexibility index (Phi) is 2.34. The van der Waals surface area contributed by atoms with Gasteiger partial charge in [0.15, 0.2) is 5.58 Å². The first-order chi connectivity index (χ1) is 8.66. The lowest BCUT2D eigenvalue weighted by Crippen LogP contribution is -1.96. The van der Waals surface area contributed by atoms with Crippen LogP contribution in [0.15, 0.2) is 22.6 Å². The molecule has 0 atom stereocenters. The molecular formula is C11H7N3O3S. The number of hydrogen-bond donors (Lipinski definition) is 1. The zero-order valence-corrected chi connectivity index (χ0v) is 10.1. The predicted octanol–water partition coefficient (Wildman–Crippen LogP) is 2.35. The first-order valence-electron chi connectivity index (χ1n) is 5.09. The van der Waals surface area contributed by atoms with Crippen molar-refractivity contribution in [2.45, 2.75) is 6.92 Å². The molecule has 0 aliphatic heterocycles. The molecule has 90 valence electrons. The highest BCUT2D eigenvalue weighted by molar-refractivity contribution is 7.09. The molecule has 0 saturated heterocycles. The monoisotopic (exact) mass is 261 g/mol. The Morgan fingerprint density at radius 2 is 2.28 bits per heavy atom. The van der Waals surface area contributed by atoms with E-state index in [9.17, 15) is 4.79 Å². The van der Waals surface area contributed by atoms with E-state index in [1.165, 1.54) is 17.6 Å². The van der Waals surface area contributed by atoms with Crippen molar-refractivity contribution in [1.29, 1.82) is 0 Å². The van der Waals surface area contributed by atoms with Crippen molar-refractivity contribution in [1.82, 2.24) is 14.6 Å². The van der Waals surface area contributed by atoms with Crippen LogP contribution in [0.25, 0.3) is 21.9 Å². The third-order valence-electron chi connectivity index (χ3n) is 2.50. The van der Waals surface area contributed by atoms with Gasteiger partial charge in [-0.25, -0.2) is 9.78 Å². The minimum atomic E-state index is -1.03.